The number of hydrogen-bond acceptors (Lipinski definition) is 1. The van der Waals surface area contributed by atoms with Crippen LogP contribution >= 0.6 is 0 Å². The van der Waals surface area contributed by atoms with Gasteiger partial charge >= 0.3 is 0 Å². The van der Waals surface area contributed by atoms with Gasteiger partial charge in [0.2, 0.25) is 0 Å². The van der Waals surface area contributed by atoms with Crippen LogP contribution in [0, 0.1) is 13.8 Å². The first-order chi connectivity index (χ1) is 7.23. The number of aryl methyl sites for hydroxylation is 1. The zero-order chi connectivity index (χ0) is 12.5. The van der Waals surface area contributed by atoms with Crippen LogP contribution in [0.25, 0.3) is 0 Å². The summed E-state index contributed by atoms with van der Waals surface area (Å²) < 4.78 is 0. The molecule has 0 N–H and O–H groups in total. The number of hydrogen-bond donors (Lipinski definition) is 0. The first-order valence-electron chi connectivity index (χ1n) is 5.66. The summed E-state index contributed by atoms with van der Waals surface area (Å²) in [5.41, 5.74) is 3.47. The van der Waals surface area contributed by atoms with Crippen molar-refractivity contribution >= 4 is 13.9 Å². The first-order valence-corrected chi connectivity index (χ1v) is 9.24. The molecule has 1 aromatic carbocycles. The number of ketones is 1. The van der Waals surface area contributed by atoms with Gasteiger partial charge in [-0.1, -0.05) is 37.8 Å². The fourth-order valence-corrected chi connectivity index (χ4v) is 4.76. The van der Waals surface area contributed by atoms with Gasteiger partial charge in [-0.15, -0.1) is 0 Å². The Morgan fingerprint density at radius 2 is 1.88 bits per heavy atom. The van der Waals surface area contributed by atoms with E-state index < -0.39 is 8.07 Å². The summed E-state index contributed by atoms with van der Waals surface area (Å²) in [5.74, 6) is 0.285. The summed E-state index contributed by atoms with van der Waals surface area (Å²) in [7, 11) is -1.52. The topological polar surface area (TPSA) is 17.1 Å². The smallest absolute Gasteiger partial charge is 0.134 e. The number of benzene rings is 1. The standard InChI is InChI=1S/C14H21OSi/c1-10-7-8-11(2)13(9-10)14(12(3)15)16(4,5)6/h7-9,14H,1H2,2-6H3. The van der Waals surface area contributed by atoms with E-state index in [0.29, 0.717) is 0 Å². The quantitative estimate of drug-likeness (QED) is 0.727. The Hall–Kier alpha value is -0.893. The van der Waals surface area contributed by atoms with Crippen molar-refractivity contribution in [3.63, 3.8) is 0 Å². The van der Waals surface area contributed by atoms with E-state index in [1.807, 2.05) is 6.07 Å². The third-order valence-corrected chi connectivity index (χ3v) is 5.38. The lowest BCUT2D eigenvalue weighted by molar-refractivity contribution is -0.116. The highest BCUT2D eigenvalue weighted by Gasteiger charge is 2.32. The molecule has 0 spiro atoms. The van der Waals surface area contributed by atoms with Crippen molar-refractivity contribution in [2.45, 2.75) is 39.0 Å². The van der Waals surface area contributed by atoms with Gasteiger partial charge in [-0.25, -0.2) is 0 Å². The van der Waals surface area contributed by atoms with Crippen LogP contribution in [0.4, 0.5) is 0 Å². The van der Waals surface area contributed by atoms with Gasteiger partial charge in [0, 0.05) is 5.54 Å². The van der Waals surface area contributed by atoms with E-state index in [0.717, 1.165) is 5.56 Å². The number of rotatable bonds is 3. The first kappa shape index (κ1) is 13.2. The van der Waals surface area contributed by atoms with Gasteiger partial charge in [-0.05, 0) is 37.5 Å². The predicted molar refractivity (Wildman–Crippen MR) is 72.4 cm³/mol. The summed E-state index contributed by atoms with van der Waals surface area (Å²) in [6.45, 7) is 14.5. The molecule has 0 bridgehead atoms. The Labute approximate surface area is 99.9 Å². The Bertz CT molecular complexity index is 402. The van der Waals surface area contributed by atoms with Gasteiger partial charge in [0.05, 0.1) is 8.07 Å². The minimum absolute atomic E-state index is 0.0919. The second-order valence-electron chi connectivity index (χ2n) is 5.60. The maximum absolute atomic E-state index is 11.9. The Morgan fingerprint density at radius 3 is 2.31 bits per heavy atom. The van der Waals surface area contributed by atoms with Crippen LogP contribution in [0.15, 0.2) is 18.2 Å². The molecule has 2 heteroatoms. The maximum atomic E-state index is 11.9. The molecule has 1 radical (unpaired) electrons. The predicted octanol–water partition coefficient (Wildman–Crippen LogP) is 3.73. The molecule has 0 aliphatic carbocycles. The molecule has 0 saturated carbocycles. The fraction of sp³-hybridized carbons (Fsp3) is 0.429. The van der Waals surface area contributed by atoms with Crippen molar-refractivity contribution in [1.82, 2.24) is 0 Å². The van der Waals surface area contributed by atoms with E-state index in [1.165, 1.54) is 11.1 Å². The van der Waals surface area contributed by atoms with Gasteiger partial charge in [-0.3, -0.25) is 4.79 Å². The van der Waals surface area contributed by atoms with Crippen LogP contribution in [-0.4, -0.2) is 13.9 Å². The molecule has 1 nitrogen and oxygen atoms in total. The summed E-state index contributed by atoms with van der Waals surface area (Å²) in [6.07, 6.45) is 0. The van der Waals surface area contributed by atoms with Crippen LogP contribution in [0.5, 0.6) is 0 Å². The summed E-state index contributed by atoms with van der Waals surface area (Å²) in [6, 6.07) is 6.13. The molecule has 0 fully saturated rings. The number of Topliss-reactive ketones (excluding diaryl/α,β-unsaturated/α-hetero) is 1. The van der Waals surface area contributed by atoms with Crippen LogP contribution < -0.4 is 0 Å². The molecule has 1 atom stereocenters. The molecule has 16 heavy (non-hydrogen) atoms. The average molecular weight is 233 g/mol. The summed E-state index contributed by atoms with van der Waals surface area (Å²) >= 11 is 0. The molecule has 87 valence electrons. The molecular weight excluding hydrogens is 212 g/mol. The zero-order valence-corrected chi connectivity index (χ0v) is 11.9. The van der Waals surface area contributed by atoms with E-state index in [1.54, 1.807) is 6.92 Å². The lowest BCUT2D eigenvalue weighted by Crippen LogP contribution is -2.36. The van der Waals surface area contributed by atoms with E-state index in [4.69, 9.17) is 0 Å². The second-order valence-corrected chi connectivity index (χ2v) is 10.9. The SMILES string of the molecule is [CH2]c1ccc(C)c(C(C(C)=O)[Si](C)(C)C)c1. The van der Waals surface area contributed by atoms with Crippen molar-refractivity contribution in [2.24, 2.45) is 0 Å². The van der Waals surface area contributed by atoms with E-state index >= 15 is 0 Å². The highest BCUT2D eigenvalue weighted by atomic mass is 28.3. The van der Waals surface area contributed by atoms with Crippen molar-refractivity contribution in [3.05, 3.63) is 41.8 Å². The largest absolute Gasteiger partial charge is 0.300 e. The Balaban J connectivity index is 3.32. The molecule has 0 aliphatic heterocycles. The van der Waals surface area contributed by atoms with Gasteiger partial charge in [-0.2, -0.15) is 0 Å². The van der Waals surface area contributed by atoms with E-state index in [2.05, 4.69) is 45.6 Å². The lowest BCUT2D eigenvalue weighted by Gasteiger charge is -2.28. The monoisotopic (exact) mass is 233 g/mol. The van der Waals surface area contributed by atoms with Crippen molar-refractivity contribution < 1.29 is 4.79 Å². The zero-order valence-electron chi connectivity index (χ0n) is 10.9. The summed E-state index contributed by atoms with van der Waals surface area (Å²) in [4.78, 5) is 11.9. The minimum atomic E-state index is -1.52. The number of carbonyl (C=O) groups excluding carboxylic acids is 1. The highest BCUT2D eigenvalue weighted by molar-refractivity contribution is 6.80. The third kappa shape index (κ3) is 2.82. The molecule has 0 saturated heterocycles. The molecule has 0 aromatic heterocycles. The van der Waals surface area contributed by atoms with Crippen molar-refractivity contribution in [2.75, 3.05) is 0 Å². The minimum Gasteiger partial charge on any atom is -0.300 e. The van der Waals surface area contributed by atoms with Crippen molar-refractivity contribution in [3.8, 4) is 0 Å². The van der Waals surface area contributed by atoms with Crippen LogP contribution in [-0.2, 0) is 4.79 Å². The lowest BCUT2D eigenvalue weighted by atomic mass is 10.0. The normalized spacial score (nSPS) is 13.6. The molecule has 1 rings (SSSR count). The molecular formula is C14H21OSi. The molecule has 0 aliphatic rings. The Morgan fingerprint density at radius 1 is 1.31 bits per heavy atom. The second kappa shape index (κ2) is 4.54. The van der Waals surface area contributed by atoms with Gasteiger partial charge in [0.1, 0.15) is 5.78 Å². The van der Waals surface area contributed by atoms with Crippen LogP contribution in [0.1, 0.15) is 29.2 Å². The molecule has 1 unspecified atom stereocenters. The number of carbonyl (C=O) groups is 1. The Kier molecular flexibility index (Phi) is 3.74. The molecule has 0 amide bonds. The summed E-state index contributed by atoms with van der Waals surface area (Å²) in [5, 5.41) is 0. The van der Waals surface area contributed by atoms with E-state index in [9.17, 15) is 4.79 Å². The molecule has 0 heterocycles. The van der Waals surface area contributed by atoms with Crippen molar-refractivity contribution in [1.29, 1.82) is 0 Å². The third-order valence-electron chi connectivity index (χ3n) is 2.93. The fourth-order valence-electron chi connectivity index (χ4n) is 2.30. The van der Waals surface area contributed by atoms with E-state index in [-0.39, 0.29) is 11.3 Å². The van der Waals surface area contributed by atoms with Gasteiger partial charge in [0.25, 0.3) is 0 Å². The van der Waals surface area contributed by atoms with Crippen LogP contribution in [0.3, 0.4) is 0 Å². The highest BCUT2D eigenvalue weighted by Crippen LogP contribution is 2.30. The van der Waals surface area contributed by atoms with Gasteiger partial charge < -0.3 is 0 Å². The average Bonchev–Trinajstić information content (AvgIpc) is 2.08. The maximum Gasteiger partial charge on any atom is 0.134 e. The van der Waals surface area contributed by atoms with Gasteiger partial charge in [0.15, 0.2) is 0 Å². The molecule has 1 aromatic rings. The van der Waals surface area contributed by atoms with Crippen LogP contribution in [0.2, 0.25) is 19.6 Å².